The van der Waals surface area contributed by atoms with Crippen LogP contribution in [-0.4, -0.2) is 12.3 Å². The number of rotatable bonds is 5. The molecule has 0 unspecified atom stereocenters. The quantitative estimate of drug-likeness (QED) is 0.464. The normalized spacial score (nSPS) is 13.0. The summed E-state index contributed by atoms with van der Waals surface area (Å²) in [6.07, 6.45) is 5.35. The van der Waals surface area contributed by atoms with E-state index in [0.717, 1.165) is 37.1 Å². The molecular weight excluding hydrogens is 198 g/mol. The van der Waals surface area contributed by atoms with Crippen molar-refractivity contribution in [3.63, 3.8) is 0 Å². The summed E-state index contributed by atoms with van der Waals surface area (Å²) in [5, 5.41) is 3.29. The van der Waals surface area contributed by atoms with Crippen LogP contribution >= 0.6 is 0 Å². The molecule has 2 rings (SSSR count). The molecule has 0 amide bonds. The SMILES string of the molecule is C=CCCCC(=O)c1ccc2c(c1)NCC2. The predicted molar refractivity (Wildman–Crippen MR) is 67.0 cm³/mol. The maximum Gasteiger partial charge on any atom is 0.162 e. The van der Waals surface area contributed by atoms with Crippen LogP contribution in [0.1, 0.15) is 35.2 Å². The third-order valence-corrected chi connectivity index (χ3v) is 2.95. The summed E-state index contributed by atoms with van der Waals surface area (Å²) in [5.41, 5.74) is 3.29. The van der Waals surface area contributed by atoms with E-state index in [1.807, 2.05) is 18.2 Å². The molecule has 0 saturated carbocycles. The minimum Gasteiger partial charge on any atom is -0.384 e. The molecule has 1 heterocycles. The molecule has 0 atom stereocenters. The van der Waals surface area contributed by atoms with E-state index in [1.165, 1.54) is 5.56 Å². The molecule has 1 aromatic rings. The van der Waals surface area contributed by atoms with Crippen LogP contribution in [0.15, 0.2) is 30.9 Å². The molecule has 0 aliphatic carbocycles. The summed E-state index contributed by atoms with van der Waals surface area (Å²) in [7, 11) is 0. The van der Waals surface area contributed by atoms with Crippen molar-refractivity contribution in [1.82, 2.24) is 0 Å². The van der Waals surface area contributed by atoms with Gasteiger partial charge in [-0.15, -0.1) is 6.58 Å². The van der Waals surface area contributed by atoms with Gasteiger partial charge in [-0.05, 0) is 30.9 Å². The molecule has 0 fully saturated rings. The Morgan fingerprint density at radius 3 is 3.19 bits per heavy atom. The van der Waals surface area contributed by atoms with Crippen molar-refractivity contribution in [1.29, 1.82) is 0 Å². The van der Waals surface area contributed by atoms with E-state index >= 15 is 0 Å². The molecule has 0 spiro atoms. The summed E-state index contributed by atoms with van der Waals surface area (Å²) >= 11 is 0. The van der Waals surface area contributed by atoms with Gasteiger partial charge >= 0.3 is 0 Å². The van der Waals surface area contributed by atoms with Gasteiger partial charge in [0.2, 0.25) is 0 Å². The highest BCUT2D eigenvalue weighted by Crippen LogP contribution is 2.24. The first-order chi connectivity index (χ1) is 7.81. The number of carbonyl (C=O) groups is 1. The number of nitrogens with one attached hydrogen (secondary N) is 1. The third kappa shape index (κ3) is 2.32. The molecule has 1 N–H and O–H groups in total. The number of hydrogen-bond acceptors (Lipinski definition) is 2. The first-order valence-corrected chi connectivity index (χ1v) is 5.82. The van der Waals surface area contributed by atoms with E-state index in [9.17, 15) is 4.79 Å². The Balaban J connectivity index is 2.03. The second-order valence-corrected chi connectivity index (χ2v) is 4.15. The first-order valence-electron chi connectivity index (χ1n) is 5.82. The number of benzene rings is 1. The van der Waals surface area contributed by atoms with Crippen LogP contribution in [0.25, 0.3) is 0 Å². The van der Waals surface area contributed by atoms with Crippen LogP contribution < -0.4 is 5.32 Å². The lowest BCUT2D eigenvalue weighted by Crippen LogP contribution is -1.99. The van der Waals surface area contributed by atoms with E-state index in [-0.39, 0.29) is 5.78 Å². The molecule has 0 radical (unpaired) electrons. The topological polar surface area (TPSA) is 29.1 Å². The number of allylic oxidation sites excluding steroid dienone is 1. The maximum absolute atomic E-state index is 11.9. The summed E-state index contributed by atoms with van der Waals surface area (Å²) in [4.78, 5) is 11.9. The standard InChI is InChI=1S/C14H17NO/c1-2-3-4-5-14(16)12-7-6-11-8-9-15-13(11)10-12/h2,6-7,10,15H,1,3-5,8-9H2. The summed E-state index contributed by atoms with van der Waals surface area (Å²) in [5.74, 6) is 0.235. The van der Waals surface area contributed by atoms with Crippen LogP contribution in [0, 0.1) is 0 Å². The van der Waals surface area contributed by atoms with Gasteiger partial charge in [0.05, 0.1) is 0 Å². The Morgan fingerprint density at radius 2 is 2.38 bits per heavy atom. The van der Waals surface area contributed by atoms with Crippen molar-refractivity contribution in [3.8, 4) is 0 Å². The van der Waals surface area contributed by atoms with Crippen molar-refractivity contribution in [2.75, 3.05) is 11.9 Å². The number of fused-ring (bicyclic) bond motifs is 1. The lowest BCUT2D eigenvalue weighted by atomic mass is 10.0. The zero-order chi connectivity index (χ0) is 11.4. The van der Waals surface area contributed by atoms with Gasteiger partial charge in [-0.1, -0.05) is 18.2 Å². The van der Waals surface area contributed by atoms with E-state index < -0.39 is 0 Å². The molecular formula is C14H17NO. The number of hydrogen-bond donors (Lipinski definition) is 1. The average molecular weight is 215 g/mol. The maximum atomic E-state index is 11.9. The highest BCUT2D eigenvalue weighted by Gasteiger charge is 2.12. The lowest BCUT2D eigenvalue weighted by Gasteiger charge is -2.04. The molecule has 0 aromatic heterocycles. The first kappa shape index (κ1) is 10.9. The number of Topliss-reactive ketones (excluding diaryl/α,β-unsaturated/α-hetero) is 1. The largest absolute Gasteiger partial charge is 0.384 e. The van der Waals surface area contributed by atoms with Crippen molar-refractivity contribution in [2.45, 2.75) is 25.7 Å². The van der Waals surface area contributed by atoms with Gasteiger partial charge in [0.25, 0.3) is 0 Å². The monoisotopic (exact) mass is 215 g/mol. The highest BCUT2D eigenvalue weighted by atomic mass is 16.1. The third-order valence-electron chi connectivity index (χ3n) is 2.95. The molecule has 2 heteroatoms. The minimum atomic E-state index is 0.235. The fraction of sp³-hybridized carbons (Fsp3) is 0.357. The zero-order valence-corrected chi connectivity index (χ0v) is 9.46. The van der Waals surface area contributed by atoms with Crippen LogP contribution in [0.4, 0.5) is 5.69 Å². The Bertz CT molecular complexity index is 409. The Morgan fingerprint density at radius 1 is 1.50 bits per heavy atom. The van der Waals surface area contributed by atoms with Crippen molar-refractivity contribution >= 4 is 11.5 Å². The molecule has 0 saturated heterocycles. The molecule has 1 aliphatic heterocycles. The molecule has 1 aliphatic rings. The van der Waals surface area contributed by atoms with Crippen LogP contribution in [-0.2, 0) is 6.42 Å². The number of anilines is 1. The molecule has 0 bridgehead atoms. The van der Waals surface area contributed by atoms with Crippen LogP contribution in [0.2, 0.25) is 0 Å². The Hall–Kier alpha value is -1.57. The summed E-state index contributed by atoms with van der Waals surface area (Å²) in [6, 6.07) is 6.00. The number of carbonyl (C=O) groups excluding carboxylic acids is 1. The average Bonchev–Trinajstić information content (AvgIpc) is 2.76. The van der Waals surface area contributed by atoms with E-state index in [0.29, 0.717) is 6.42 Å². The number of ketones is 1. The zero-order valence-electron chi connectivity index (χ0n) is 9.46. The van der Waals surface area contributed by atoms with Gasteiger partial charge in [-0.3, -0.25) is 4.79 Å². The van der Waals surface area contributed by atoms with Crippen LogP contribution in [0.5, 0.6) is 0 Å². The molecule has 1 aromatic carbocycles. The van der Waals surface area contributed by atoms with Crippen molar-refractivity contribution in [2.24, 2.45) is 0 Å². The lowest BCUT2D eigenvalue weighted by molar-refractivity contribution is 0.0980. The molecule has 84 valence electrons. The molecule has 2 nitrogen and oxygen atoms in total. The summed E-state index contributed by atoms with van der Waals surface area (Å²) in [6.45, 7) is 4.65. The Labute approximate surface area is 96.4 Å². The Kier molecular flexibility index (Phi) is 3.40. The minimum absolute atomic E-state index is 0.235. The van der Waals surface area contributed by atoms with E-state index in [1.54, 1.807) is 0 Å². The molecule has 16 heavy (non-hydrogen) atoms. The van der Waals surface area contributed by atoms with Gasteiger partial charge in [-0.25, -0.2) is 0 Å². The van der Waals surface area contributed by atoms with Gasteiger partial charge in [-0.2, -0.15) is 0 Å². The number of unbranched alkanes of at least 4 members (excludes halogenated alkanes) is 1. The smallest absolute Gasteiger partial charge is 0.162 e. The van der Waals surface area contributed by atoms with Gasteiger partial charge in [0, 0.05) is 24.2 Å². The predicted octanol–water partition coefficient (Wildman–Crippen LogP) is 3.19. The highest BCUT2D eigenvalue weighted by molar-refractivity contribution is 5.97. The van der Waals surface area contributed by atoms with E-state index in [2.05, 4.69) is 18.0 Å². The fourth-order valence-electron chi connectivity index (χ4n) is 2.02. The summed E-state index contributed by atoms with van der Waals surface area (Å²) < 4.78 is 0. The second-order valence-electron chi connectivity index (χ2n) is 4.15. The van der Waals surface area contributed by atoms with Gasteiger partial charge in [0.1, 0.15) is 0 Å². The van der Waals surface area contributed by atoms with Gasteiger partial charge in [0.15, 0.2) is 5.78 Å². The van der Waals surface area contributed by atoms with Crippen LogP contribution in [0.3, 0.4) is 0 Å². The van der Waals surface area contributed by atoms with E-state index in [4.69, 9.17) is 0 Å². The fourth-order valence-corrected chi connectivity index (χ4v) is 2.02. The van der Waals surface area contributed by atoms with Gasteiger partial charge < -0.3 is 5.32 Å². The van der Waals surface area contributed by atoms with Crippen molar-refractivity contribution in [3.05, 3.63) is 42.0 Å². The van der Waals surface area contributed by atoms with Crippen molar-refractivity contribution < 1.29 is 4.79 Å². The second kappa shape index (κ2) is 4.97.